The van der Waals surface area contributed by atoms with Crippen molar-refractivity contribution in [1.29, 1.82) is 0 Å². The van der Waals surface area contributed by atoms with Gasteiger partial charge in [-0.1, -0.05) is 0 Å². The molecule has 1 amide bonds. The third-order valence-electron chi connectivity index (χ3n) is 2.23. The highest BCUT2D eigenvalue weighted by Crippen LogP contribution is 2.23. The van der Waals surface area contributed by atoms with Crippen LogP contribution in [0.3, 0.4) is 0 Å². The Labute approximate surface area is 88.6 Å². The van der Waals surface area contributed by atoms with Crippen molar-refractivity contribution < 1.29 is 9.53 Å². The number of ether oxygens (including phenoxy) is 1. The number of hydrogen-bond donors (Lipinski definition) is 2. The molecule has 1 aromatic carbocycles. The Bertz CT molecular complexity index is 377. The molecule has 0 radical (unpaired) electrons. The first-order valence-corrected chi connectivity index (χ1v) is 5.00. The monoisotopic (exact) mass is 206 g/mol. The molecule has 0 unspecified atom stereocenters. The van der Waals surface area contributed by atoms with E-state index < -0.39 is 0 Å². The quantitative estimate of drug-likeness (QED) is 0.724. The largest absolute Gasteiger partial charge is 0.492 e. The zero-order valence-electron chi connectivity index (χ0n) is 8.67. The third-order valence-corrected chi connectivity index (χ3v) is 2.23. The van der Waals surface area contributed by atoms with E-state index in [4.69, 9.17) is 4.74 Å². The van der Waals surface area contributed by atoms with Gasteiger partial charge in [-0.25, -0.2) is 0 Å². The van der Waals surface area contributed by atoms with Gasteiger partial charge >= 0.3 is 0 Å². The molecule has 4 heteroatoms. The summed E-state index contributed by atoms with van der Waals surface area (Å²) >= 11 is 0. The maximum absolute atomic E-state index is 10.9. The molecule has 1 aliphatic rings. The van der Waals surface area contributed by atoms with Crippen LogP contribution in [-0.2, 0) is 11.3 Å². The number of hydrogen-bond acceptors (Lipinski definition) is 3. The average molecular weight is 206 g/mol. The van der Waals surface area contributed by atoms with Crippen LogP contribution >= 0.6 is 0 Å². The zero-order chi connectivity index (χ0) is 10.7. The van der Waals surface area contributed by atoms with Crippen LogP contribution in [0.15, 0.2) is 18.2 Å². The molecule has 4 nitrogen and oxygen atoms in total. The summed E-state index contributed by atoms with van der Waals surface area (Å²) in [7, 11) is 0. The van der Waals surface area contributed by atoms with Crippen molar-refractivity contribution >= 4 is 11.6 Å². The van der Waals surface area contributed by atoms with Gasteiger partial charge in [0, 0.05) is 31.3 Å². The number of benzene rings is 1. The van der Waals surface area contributed by atoms with Crippen LogP contribution in [0.4, 0.5) is 5.69 Å². The van der Waals surface area contributed by atoms with Gasteiger partial charge in [0.25, 0.3) is 0 Å². The summed E-state index contributed by atoms with van der Waals surface area (Å²) in [6, 6.07) is 5.69. The molecule has 0 aliphatic carbocycles. The predicted octanol–water partition coefficient (Wildman–Crippen LogP) is 1.13. The second kappa shape index (κ2) is 4.31. The number of carbonyl (C=O) groups is 1. The second-order valence-electron chi connectivity index (χ2n) is 3.53. The van der Waals surface area contributed by atoms with Crippen molar-refractivity contribution in [2.45, 2.75) is 13.5 Å². The Morgan fingerprint density at radius 2 is 2.40 bits per heavy atom. The summed E-state index contributed by atoms with van der Waals surface area (Å²) in [5, 5.41) is 6.00. The molecule has 0 saturated carbocycles. The number of carbonyl (C=O) groups excluding carboxylic acids is 1. The van der Waals surface area contributed by atoms with Gasteiger partial charge in [0.15, 0.2) is 0 Å². The SMILES string of the molecule is CC(=O)Nc1ccc2c(c1)CNCCO2. The first kappa shape index (κ1) is 9.98. The van der Waals surface area contributed by atoms with E-state index >= 15 is 0 Å². The molecule has 0 fully saturated rings. The van der Waals surface area contributed by atoms with E-state index in [1.165, 1.54) is 6.92 Å². The first-order chi connectivity index (χ1) is 7.25. The van der Waals surface area contributed by atoms with Crippen molar-refractivity contribution in [1.82, 2.24) is 5.32 Å². The molecule has 15 heavy (non-hydrogen) atoms. The molecule has 0 saturated heterocycles. The van der Waals surface area contributed by atoms with Crippen LogP contribution in [0, 0.1) is 0 Å². The van der Waals surface area contributed by atoms with Crippen molar-refractivity contribution in [3.05, 3.63) is 23.8 Å². The maximum atomic E-state index is 10.9. The lowest BCUT2D eigenvalue weighted by Crippen LogP contribution is -2.16. The average Bonchev–Trinajstić information content (AvgIpc) is 2.41. The van der Waals surface area contributed by atoms with Crippen molar-refractivity contribution in [2.24, 2.45) is 0 Å². The highest BCUT2D eigenvalue weighted by Gasteiger charge is 2.08. The molecule has 2 rings (SSSR count). The number of rotatable bonds is 1. The smallest absolute Gasteiger partial charge is 0.221 e. The molecule has 1 heterocycles. The predicted molar refractivity (Wildman–Crippen MR) is 57.9 cm³/mol. The minimum Gasteiger partial charge on any atom is -0.492 e. The van der Waals surface area contributed by atoms with Crippen molar-refractivity contribution in [3.8, 4) is 5.75 Å². The summed E-state index contributed by atoms with van der Waals surface area (Å²) in [4.78, 5) is 10.9. The maximum Gasteiger partial charge on any atom is 0.221 e. The van der Waals surface area contributed by atoms with Gasteiger partial charge in [0.1, 0.15) is 12.4 Å². The molecule has 1 aromatic rings. The summed E-state index contributed by atoms with van der Waals surface area (Å²) in [5.74, 6) is 0.839. The van der Waals surface area contributed by atoms with Gasteiger partial charge in [-0.3, -0.25) is 4.79 Å². The fourth-order valence-electron chi connectivity index (χ4n) is 1.60. The lowest BCUT2D eigenvalue weighted by atomic mass is 10.1. The molecule has 80 valence electrons. The Hall–Kier alpha value is -1.55. The van der Waals surface area contributed by atoms with Gasteiger partial charge in [-0.15, -0.1) is 0 Å². The first-order valence-electron chi connectivity index (χ1n) is 5.00. The normalized spacial score (nSPS) is 14.7. The van der Waals surface area contributed by atoms with E-state index in [2.05, 4.69) is 10.6 Å². The highest BCUT2D eigenvalue weighted by atomic mass is 16.5. The molecular formula is C11H14N2O2. The van der Waals surface area contributed by atoms with Crippen LogP contribution in [0.25, 0.3) is 0 Å². The van der Waals surface area contributed by atoms with Gasteiger partial charge in [-0.2, -0.15) is 0 Å². The Kier molecular flexibility index (Phi) is 2.87. The van der Waals surface area contributed by atoms with Crippen LogP contribution in [0.1, 0.15) is 12.5 Å². The fourth-order valence-corrected chi connectivity index (χ4v) is 1.60. The van der Waals surface area contributed by atoms with Gasteiger partial charge in [0.05, 0.1) is 0 Å². The summed E-state index contributed by atoms with van der Waals surface area (Å²) in [6.45, 7) is 3.82. The van der Waals surface area contributed by atoms with E-state index in [9.17, 15) is 4.79 Å². The Balaban J connectivity index is 2.23. The lowest BCUT2D eigenvalue weighted by Gasteiger charge is -2.08. The van der Waals surface area contributed by atoms with Crippen molar-refractivity contribution in [3.63, 3.8) is 0 Å². The Morgan fingerprint density at radius 1 is 1.53 bits per heavy atom. The minimum absolute atomic E-state index is 0.0579. The topological polar surface area (TPSA) is 50.4 Å². The molecule has 0 atom stereocenters. The van der Waals surface area contributed by atoms with E-state index in [1.807, 2.05) is 18.2 Å². The summed E-state index contributed by atoms with van der Waals surface area (Å²) in [5.41, 5.74) is 1.90. The fraction of sp³-hybridized carbons (Fsp3) is 0.364. The third kappa shape index (κ3) is 2.47. The van der Waals surface area contributed by atoms with Gasteiger partial charge < -0.3 is 15.4 Å². The van der Waals surface area contributed by atoms with E-state index in [1.54, 1.807) is 0 Å². The zero-order valence-corrected chi connectivity index (χ0v) is 8.67. The van der Waals surface area contributed by atoms with E-state index in [-0.39, 0.29) is 5.91 Å². The number of fused-ring (bicyclic) bond motifs is 1. The lowest BCUT2D eigenvalue weighted by molar-refractivity contribution is -0.114. The molecule has 0 aromatic heterocycles. The summed E-state index contributed by atoms with van der Waals surface area (Å²) < 4.78 is 5.53. The molecule has 2 N–H and O–H groups in total. The number of nitrogens with one attached hydrogen (secondary N) is 2. The van der Waals surface area contributed by atoms with Gasteiger partial charge in [-0.05, 0) is 18.2 Å². The van der Waals surface area contributed by atoms with Crippen LogP contribution < -0.4 is 15.4 Å². The minimum atomic E-state index is -0.0579. The number of anilines is 1. The van der Waals surface area contributed by atoms with Crippen LogP contribution in [0.5, 0.6) is 5.75 Å². The van der Waals surface area contributed by atoms with Crippen LogP contribution in [0.2, 0.25) is 0 Å². The Morgan fingerprint density at radius 3 is 3.20 bits per heavy atom. The van der Waals surface area contributed by atoms with Crippen LogP contribution in [-0.4, -0.2) is 19.1 Å². The molecule has 1 aliphatic heterocycles. The van der Waals surface area contributed by atoms with E-state index in [0.717, 1.165) is 30.1 Å². The molecule has 0 bridgehead atoms. The number of amides is 1. The van der Waals surface area contributed by atoms with E-state index in [0.29, 0.717) is 6.61 Å². The highest BCUT2D eigenvalue weighted by molar-refractivity contribution is 5.88. The molecule has 0 spiro atoms. The standard InChI is InChI=1S/C11H14N2O2/c1-8(14)13-10-2-3-11-9(6-10)7-12-4-5-15-11/h2-3,6,12H,4-5,7H2,1H3,(H,13,14). The van der Waals surface area contributed by atoms with Gasteiger partial charge in [0.2, 0.25) is 5.91 Å². The second-order valence-corrected chi connectivity index (χ2v) is 3.53. The van der Waals surface area contributed by atoms with Crippen molar-refractivity contribution in [2.75, 3.05) is 18.5 Å². The summed E-state index contributed by atoms with van der Waals surface area (Å²) in [6.07, 6.45) is 0. The molecular weight excluding hydrogens is 192 g/mol.